The van der Waals surface area contributed by atoms with Crippen LogP contribution >= 0.6 is 0 Å². The van der Waals surface area contributed by atoms with Gasteiger partial charge in [0.25, 0.3) is 11.6 Å². The zero-order valence-electron chi connectivity index (χ0n) is 12.4. The molecule has 1 aromatic carbocycles. The van der Waals surface area contributed by atoms with Gasteiger partial charge in [0, 0.05) is 19.2 Å². The van der Waals surface area contributed by atoms with E-state index in [4.69, 9.17) is 9.47 Å². The molecule has 0 radical (unpaired) electrons. The standard InChI is InChI=1S/C15H18N2O5/c1-4-8-16(9-5-2)15(18)11-22-13-7-6-12(17(19)20)10-14(13)21-3/h4-7,10H,1-2,8-9,11H2,3H3. The highest BCUT2D eigenvalue weighted by atomic mass is 16.6. The number of nitro benzene ring substituents is 1. The van der Waals surface area contributed by atoms with E-state index in [1.165, 1.54) is 30.2 Å². The molecule has 7 nitrogen and oxygen atoms in total. The van der Waals surface area contributed by atoms with Gasteiger partial charge >= 0.3 is 0 Å². The summed E-state index contributed by atoms with van der Waals surface area (Å²) in [6.45, 7) is 7.72. The Morgan fingerprint density at radius 3 is 2.45 bits per heavy atom. The van der Waals surface area contributed by atoms with Crippen molar-refractivity contribution in [2.75, 3.05) is 26.8 Å². The maximum Gasteiger partial charge on any atom is 0.273 e. The van der Waals surface area contributed by atoms with Gasteiger partial charge in [-0.25, -0.2) is 0 Å². The number of nitrogens with zero attached hydrogens (tertiary/aromatic N) is 2. The second kappa shape index (κ2) is 8.46. The minimum absolute atomic E-state index is 0.115. The number of hydrogen-bond acceptors (Lipinski definition) is 5. The van der Waals surface area contributed by atoms with Crippen molar-refractivity contribution in [3.63, 3.8) is 0 Å². The van der Waals surface area contributed by atoms with Crippen molar-refractivity contribution in [1.29, 1.82) is 0 Å². The Morgan fingerprint density at radius 2 is 1.95 bits per heavy atom. The topological polar surface area (TPSA) is 81.9 Å². The summed E-state index contributed by atoms with van der Waals surface area (Å²) >= 11 is 0. The molecule has 118 valence electrons. The number of carbonyl (C=O) groups excluding carboxylic acids is 1. The van der Waals surface area contributed by atoms with Crippen LogP contribution in [0.25, 0.3) is 0 Å². The molecule has 1 aromatic rings. The van der Waals surface area contributed by atoms with Gasteiger partial charge in [-0.2, -0.15) is 0 Å². The highest BCUT2D eigenvalue weighted by Gasteiger charge is 2.15. The summed E-state index contributed by atoms with van der Waals surface area (Å²) in [4.78, 5) is 23.7. The molecule has 7 heteroatoms. The van der Waals surface area contributed by atoms with Crippen molar-refractivity contribution in [3.05, 3.63) is 53.6 Å². The molecule has 0 bridgehead atoms. The minimum atomic E-state index is -0.534. The van der Waals surface area contributed by atoms with Crippen molar-refractivity contribution in [3.8, 4) is 11.5 Å². The highest BCUT2D eigenvalue weighted by Crippen LogP contribution is 2.31. The molecule has 0 atom stereocenters. The zero-order valence-corrected chi connectivity index (χ0v) is 12.4. The van der Waals surface area contributed by atoms with E-state index in [0.29, 0.717) is 13.1 Å². The van der Waals surface area contributed by atoms with Crippen LogP contribution in [0.5, 0.6) is 11.5 Å². The van der Waals surface area contributed by atoms with Crippen molar-refractivity contribution in [1.82, 2.24) is 4.90 Å². The predicted octanol–water partition coefficient (Wildman–Crippen LogP) is 2.18. The van der Waals surface area contributed by atoms with Gasteiger partial charge in [0.15, 0.2) is 18.1 Å². The van der Waals surface area contributed by atoms with E-state index in [-0.39, 0.29) is 29.7 Å². The van der Waals surface area contributed by atoms with Crippen molar-refractivity contribution in [2.24, 2.45) is 0 Å². The summed E-state index contributed by atoms with van der Waals surface area (Å²) in [7, 11) is 1.37. The molecule has 0 aliphatic heterocycles. The van der Waals surface area contributed by atoms with Gasteiger partial charge in [-0.15, -0.1) is 13.2 Å². The van der Waals surface area contributed by atoms with Crippen LogP contribution in [-0.2, 0) is 4.79 Å². The lowest BCUT2D eigenvalue weighted by atomic mass is 10.3. The van der Waals surface area contributed by atoms with E-state index in [1.807, 2.05) is 0 Å². The molecular formula is C15H18N2O5. The highest BCUT2D eigenvalue weighted by molar-refractivity contribution is 5.78. The smallest absolute Gasteiger partial charge is 0.273 e. The number of carbonyl (C=O) groups is 1. The van der Waals surface area contributed by atoms with Gasteiger partial charge in [0.1, 0.15) is 0 Å². The monoisotopic (exact) mass is 306 g/mol. The minimum Gasteiger partial charge on any atom is -0.493 e. The first-order chi connectivity index (χ1) is 10.5. The molecule has 1 amide bonds. The first-order valence-electron chi connectivity index (χ1n) is 6.48. The van der Waals surface area contributed by atoms with Gasteiger partial charge in [-0.05, 0) is 6.07 Å². The molecule has 0 aliphatic rings. The van der Waals surface area contributed by atoms with Crippen LogP contribution in [0.1, 0.15) is 0 Å². The quantitative estimate of drug-likeness (QED) is 0.397. The Labute approximate surface area is 128 Å². The average molecular weight is 306 g/mol. The third-order valence-electron chi connectivity index (χ3n) is 2.76. The van der Waals surface area contributed by atoms with Crippen molar-refractivity contribution >= 4 is 11.6 Å². The molecular weight excluding hydrogens is 288 g/mol. The number of ether oxygens (including phenoxy) is 2. The maximum absolute atomic E-state index is 12.0. The largest absolute Gasteiger partial charge is 0.493 e. The molecule has 0 N–H and O–H groups in total. The van der Waals surface area contributed by atoms with Gasteiger partial charge in [-0.1, -0.05) is 12.2 Å². The van der Waals surface area contributed by atoms with Crippen LogP contribution < -0.4 is 9.47 Å². The van der Waals surface area contributed by atoms with E-state index >= 15 is 0 Å². The zero-order chi connectivity index (χ0) is 16.5. The van der Waals surface area contributed by atoms with Gasteiger partial charge in [-0.3, -0.25) is 14.9 Å². The lowest BCUT2D eigenvalue weighted by molar-refractivity contribution is -0.384. The molecule has 22 heavy (non-hydrogen) atoms. The fourth-order valence-electron chi connectivity index (χ4n) is 1.71. The SMILES string of the molecule is C=CCN(CC=C)C(=O)COc1ccc([N+](=O)[O-])cc1OC. The van der Waals surface area contributed by atoms with Crippen molar-refractivity contribution in [2.45, 2.75) is 0 Å². The molecule has 0 aliphatic carbocycles. The summed E-state index contributed by atoms with van der Waals surface area (Å²) in [5.41, 5.74) is -0.115. The number of amides is 1. The van der Waals surface area contributed by atoms with Crippen LogP contribution in [-0.4, -0.2) is 42.5 Å². The summed E-state index contributed by atoms with van der Waals surface area (Å²) in [5, 5.41) is 10.7. The van der Waals surface area contributed by atoms with Crippen LogP contribution in [0.2, 0.25) is 0 Å². The van der Waals surface area contributed by atoms with Crippen LogP contribution in [0.15, 0.2) is 43.5 Å². The number of benzene rings is 1. The van der Waals surface area contributed by atoms with E-state index < -0.39 is 4.92 Å². The summed E-state index contributed by atoms with van der Waals surface area (Å²) in [6.07, 6.45) is 3.21. The molecule has 0 saturated heterocycles. The second-order valence-corrected chi connectivity index (χ2v) is 4.26. The first kappa shape index (κ1) is 17.2. The normalized spacial score (nSPS) is 9.68. The van der Waals surface area contributed by atoms with Crippen LogP contribution in [0.3, 0.4) is 0 Å². The lowest BCUT2D eigenvalue weighted by Crippen LogP contribution is -2.35. The molecule has 0 heterocycles. The van der Waals surface area contributed by atoms with Gasteiger partial charge in [0.2, 0.25) is 0 Å². The van der Waals surface area contributed by atoms with E-state index in [2.05, 4.69) is 13.2 Å². The van der Waals surface area contributed by atoms with E-state index in [0.717, 1.165) is 0 Å². The first-order valence-corrected chi connectivity index (χ1v) is 6.48. The fraction of sp³-hybridized carbons (Fsp3) is 0.267. The summed E-state index contributed by atoms with van der Waals surface area (Å²) in [5.74, 6) is 0.208. The van der Waals surface area contributed by atoms with Gasteiger partial charge in [0.05, 0.1) is 18.1 Å². The van der Waals surface area contributed by atoms with Gasteiger partial charge < -0.3 is 14.4 Å². The third kappa shape index (κ3) is 4.62. The maximum atomic E-state index is 12.0. The Morgan fingerprint density at radius 1 is 1.32 bits per heavy atom. The third-order valence-corrected chi connectivity index (χ3v) is 2.76. The average Bonchev–Trinajstić information content (AvgIpc) is 2.52. The second-order valence-electron chi connectivity index (χ2n) is 4.26. The molecule has 0 fully saturated rings. The van der Waals surface area contributed by atoms with Crippen LogP contribution in [0.4, 0.5) is 5.69 Å². The van der Waals surface area contributed by atoms with E-state index in [9.17, 15) is 14.9 Å². The number of hydrogen-bond donors (Lipinski definition) is 0. The number of methoxy groups -OCH3 is 1. The number of non-ortho nitro benzene ring substituents is 1. The van der Waals surface area contributed by atoms with E-state index in [1.54, 1.807) is 12.2 Å². The molecule has 0 unspecified atom stereocenters. The van der Waals surface area contributed by atoms with Crippen LogP contribution in [0, 0.1) is 10.1 Å². The summed E-state index contributed by atoms with van der Waals surface area (Å²) < 4.78 is 10.4. The molecule has 0 spiro atoms. The molecule has 1 rings (SSSR count). The predicted molar refractivity (Wildman–Crippen MR) is 82.1 cm³/mol. The molecule has 0 saturated carbocycles. The number of rotatable bonds is 9. The van der Waals surface area contributed by atoms with Crippen molar-refractivity contribution < 1.29 is 19.2 Å². The fourth-order valence-corrected chi connectivity index (χ4v) is 1.71. The number of nitro groups is 1. The Bertz CT molecular complexity index is 561. The Hall–Kier alpha value is -2.83. The Kier molecular flexibility index (Phi) is 6.62. The Balaban J connectivity index is 2.78. The molecule has 0 aromatic heterocycles. The summed E-state index contributed by atoms with van der Waals surface area (Å²) in [6, 6.07) is 3.92. The lowest BCUT2D eigenvalue weighted by Gasteiger charge is -2.19.